The van der Waals surface area contributed by atoms with E-state index in [2.05, 4.69) is 6.58 Å². The number of β-amino-alcohol motifs (C(OH)–C–C–N with tert-alkyl or cyclic N) is 1. The fraction of sp³-hybridized carbons (Fsp3) is 0.667. The van der Waals surface area contributed by atoms with E-state index < -0.39 is 5.60 Å². The summed E-state index contributed by atoms with van der Waals surface area (Å²) in [5.74, 6) is -0.319. The number of carbonyl (C=O) groups excluding carboxylic acids is 2. The zero-order chi connectivity index (χ0) is 13.1. The summed E-state index contributed by atoms with van der Waals surface area (Å²) in [6, 6.07) is 0. The molecule has 0 radical (unpaired) electrons. The Kier molecular flexibility index (Phi) is 4.28. The van der Waals surface area contributed by atoms with Crippen molar-refractivity contribution in [2.75, 3.05) is 27.2 Å². The molecule has 0 aromatic heterocycles. The summed E-state index contributed by atoms with van der Waals surface area (Å²) in [5.41, 5.74) is -1.10. The minimum absolute atomic E-state index is 0.0565. The molecule has 1 rings (SSSR count). The average molecular weight is 240 g/mol. The molecule has 2 amide bonds. The van der Waals surface area contributed by atoms with Gasteiger partial charge in [0, 0.05) is 20.6 Å². The van der Waals surface area contributed by atoms with Crippen LogP contribution in [-0.4, -0.2) is 59.5 Å². The lowest BCUT2D eigenvalue weighted by Crippen LogP contribution is -2.51. The Hall–Kier alpha value is -1.36. The van der Waals surface area contributed by atoms with Crippen molar-refractivity contribution < 1.29 is 14.7 Å². The molecule has 0 bridgehead atoms. The van der Waals surface area contributed by atoms with Gasteiger partial charge in [-0.3, -0.25) is 9.59 Å². The maximum atomic E-state index is 11.6. The van der Waals surface area contributed by atoms with Crippen LogP contribution in [0.2, 0.25) is 0 Å². The van der Waals surface area contributed by atoms with E-state index in [0.29, 0.717) is 19.4 Å². The zero-order valence-corrected chi connectivity index (χ0v) is 10.5. The smallest absolute Gasteiger partial charge is 0.246 e. The Labute approximate surface area is 102 Å². The first-order valence-electron chi connectivity index (χ1n) is 5.72. The van der Waals surface area contributed by atoms with E-state index in [9.17, 15) is 14.7 Å². The molecule has 1 aliphatic heterocycles. The molecule has 5 heteroatoms. The third-order valence-electron chi connectivity index (χ3n) is 3.02. The number of hydrogen-bond donors (Lipinski definition) is 1. The van der Waals surface area contributed by atoms with Crippen molar-refractivity contribution in [1.82, 2.24) is 9.80 Å². The fourth-order valence-electron chi connectivity index (χ4n) is 2.01. The number of nitrogens with zero attached hydrogens (tertiary/aromatic N) is 2. The van der Waals surface area contributed by atoms with E-state index in [1.54, 1.807) is 19.0 Å². The summed E-state index contributed by atoms with van der Waals surface area (Å²) >= 11 is 0. The second-order valence-electron chi connectivity index (χ2n) is 4.76. The number of aliphatic hydroxyl groups is 1. The molecule has 0 aromatic carbocycles. The number of piperidine rings is 1. The monoisotopic (exact) mass is 240 g/mol. The highest BCUT2D eigenvalue weighted by atomic mass is 16.3. The Morgan fingerprint density at radius 1 is 1.53 bits per heavy atom. The highest BCUT2D eigenvalue weighted by molar-refractivity contribution is 5.87. The van der Waals surface area contributed by atoms with Crippen molar-refractivity contribution >= 4 is 11.8 Å². The Morgan fingerprint density at radius 3 is 2.71 bits per heavy atom. The number of carbonyl (C=O) groups is 2. The lowest BCUT2D eigenvalue weighted by atomic mass is 9.89. The van der Waals surface area contributed by atoms with Crippen molar-refractivity contribution in [2.24, 2.45) is 0 Å². The Morgan fingerprint density at radius 2 is 2.18 bits per heavy atom. The van der Waals surface area contributed by atoms with Crippen LogP contribution in [0.25, 0.3) is 0 Å². The minimum atomic E-state index is -1.10. The molecule has 17 heavy (non-hydrogen) atoms. The fourth-order valence-corrected chi connectivity index (χ4v) is 2.01. The molecule has 0 saturated carbocycles. The SMILES string of the molecule is C=CC(=O)N1CCCC(O)(CC(=O)N(C)C)C1. The lowest BCUT2D eigenvalue weighted by Gasteiger charge is -2.38. The Bertz CT molecular complexity index is 328. The summed E-state index contributed by atoms with van der Waals surface area (Å²) in [5, 5.41) is 10.3. The highest BCUT2D eigenvalue weighted by Gasteiger charge is 2.36. The van der Waals surface area contributed by atoms with Crippen LogP contribution in [0.4, 0.5) is 0 Å². The first-order valence-corrected chi connectivity index (χ1v) is 5.72. The number of hydrogen-bond acceptors (Lipinski definition) is 3. The van der Waals surface area contributed by atoms with E-state index >= 15 is 0 Å². The van der Waals surface area contributed by atoms with E-state index in [1.165, 1.54) is 11.0 Å². The molecule has 1 N–H and O–H groups in total. The predicted molar refractivity (Wildman–Crippen MR) is 64.3 cm³/mol. The van der Waals surface area contributed by atoms with Gasteiger partial charge in [0.15, 0.2) is 0 Å². The largest absolute Gasteiger partial charge is 0.388 e. The van der Waals surface area contributed by atoms with Gasteiger partial charge in [-0.1, -0.05) is 6.58 Å². The second-order valence-corrected chi connectivity index (χ2v) is 4.76. The quantitative estimate of drug-likeness (QED) is 0.707. The predicted octanol–water partition coefficient (Wildman–Crippen LogP) is 0.00420. The molecule has 0 spiro atoms. The van der Waals surface area contributed by atoms with Gasteiger partial charge in [-0.15, -0.1) is 0 Å². The van der Waals surface area contributed by atoms with Crippen LogP contribution in [0.15, 0.2) is 12.7 Å². The number of amides is 2. The summed E-state index contributed by atoms with van der Waals surface area (Å²) in [6.07, 6.45) is 2.55. The molecule has 0 aromatic rings. The third-order valence-corrected chi connectivity index (χ3v) is 3.02. The summed E-state index contributed by atoms with van der Waals surface area (Å²) in [4.78, 5) is 26.1. The summed E-state index contributed by atoms with van der Waals surface area (Å²) in [7, 11) is 3.31. The van der Waals surface area contributed by atoms with E-state index in [0.717, 1.165) is 0 Å². The van der Waals surface area contributed by atoms with Crippen molar-refractivity contribution in [3.63, 3.8) is 0 Å². The normalized spacial score (nSPS) is 24.3. The maximum absolute atomic E-state index is 11.6. The van der Waals surface area contributed by atoms with E-state index in [4.69, 9.17) is 0 Å². The average Bonchev–Trinajstić information content (AvgIpc) is 2.27. The molecule has 1 aliphatic rings. The van der Waals surface area contributed by atoms with E-state index in [1.807, 2.05) is 0 Å². The molecule has 0 aliphatic carbocycles. The minimum Gasteiger partial charge on any atom is -0.388 e. The first kappa shape index (κ1) is 13.7. The number of likely N-dealkylation sites (tertiary alicyclic amines) is 1. The van der Waals surface area contributed by atoms with Gasteiger partial charge < -0.3 is 14.9 Å². The van der Waals surface area contributed by atoms with Gasteiger partial charge in [0.25, 0.3) is 0 Å². The zero-order valence-electron chi connectivity index (χ0n) is 10.5. The summed E-state index contributed by atoms with van der Waals surface area (Å²) in [6.45, 7) is 4.24. The van der Waals surface area contributed by atoms with Gasteiger partial charge in [0.2, 0.25) is 11.8 Å². The van der Waals surface area contributed by atoms with Gasteiger partial charge in [0.1, 0.15) is 0 Å². The van der Waals surface area contributed by atoms with Gasteiger partial charge >= 0.3 is 0 Å². The van der Waals surface area contributed by atoms with Gasteiger partial charge in [-0.25, -0.2) is 0 Å². The molecule has 1 heterocycles. The maximum Gasteiger partial charge on any atom is 0.246 e. The second kappa shape index (κ2) is 5.31. The van der Waals surface area contributed by atoms with Gasteiger partial charge in [-0.2, -0.15) is 0 Å². The third kappa shape index (κ3) is 3.56. The van der Waals surface area contributed by atoms with Crippen LogP contribution in [-0.2, 0) is 9.59 Å². The van der Waals surface area contributed by atoms with Crippen molar-refractivity contribution in [3.05, 3.63) is 12.7 Å². The standard InChI is InChI=1S/C12H20N2O3/c1-4-10(15)14-7-5-6-12(17,9-14)8-11(16)13(2)3/h4,17H,1,5-9H2,2-3H3. The van der Waals surface area contributed by atoms with Crippen LogP contribution >= 0.6 is 0 Å². The van der Waals surface area contributed by atoms with Crippen molar-refractivity contribution in [2.45, 2.75) is 24.9 Å². The lowest BCUT2D eigenvalue weighted by molar-refractivity contribution is -0.142. The van der Waals surface area contributed by atoms with Crippen LogP contribution in [0, 0.1) is 0 Å². The van der Waals surface area contributed by atoms with Crippen LogP contribution in [0.1, 0.15) is 19.3 Å². The topological polar surface area (TPSA) is 60.9 Å². The molecule has 5 nitrogen and oxygen atoms in total. The molecule has 1 unspecified atom stereocenters. The molecular formula is C12H20N2O3. The van der Waals surface area contributed by atoms with Crippen LogP contribution in [0.5, 0.6) is 0 Å². The van der Waals surface area contributed by atoms with Gasteiger partial charge in [0.05, 0.1) is 18.6 Å². The molecule has 1 fully saturated rings. The van der Waals surface area contributed by atoms with Crippen molar-refractivity contribution in [3.8, 4) is 0 Å². The van der Waals surface area contributed by atoms with Crippen LogP contribution < -0.4 is 0 Å². The van der Waals surface area contributed by atoms with Crippen LogP contribution in [0.3, 0.4) is 0 Å². The molecular weight excluding hydrogens is 220 g/mol. The molecule has 96 valence electrons. The first-order chi connectivity index (χ1) is 7.88. The van der Waals surface area contributed by atoms with E-state index in [-0.39, 0.29) is 24.8 Å². The molecule has 1 saturated heterocycles. The highest BCUT2D eigenvalue weighted by Crippen LogP contribution is 2.25. The molecule has 1 atom stereocenters. The van der Waals surface area contributed by atoms with Crippen molar-refractivity contribution in [1.29, 1.82) is 0 Å². The Balaban J connectivity index is 2.66. The summed E-state index contributed by atoms with van der Waals surface area (Å²) < 4.78 is 0. The number of rotatable bonds is 3. The van der Waals surface area contributed by atoms with Gasteiger partial charge in [-0.05, 0) is 18.9 Å².